The fourth-order valence-corrected chi connectivity index (χ4v) is 2.04. The second-order valence-electron chi connectivity index (χ2n) is 2.97. The molecule has 0 bridgehead atoms. The van der Waals surface area contributed by atoms with E-state index in [-0.39, 0.29) is 64.7 Å². The number of rotatable bonds is 4. The molecule has 0 aromatic heterocycles. The third kappa shape index (κ3) is 6.93. The van der Waals surface area contributed by atoms with Crippen molar-refractivity contribution in [3.05, 3.63) is 35.9 Å². The van der Waals surface area contributed by atoms with Crippen molar-refractivity contribution < 1.29 is 82.0 Å². The Kier molecular flexibility index (Phi) is 10.2. The van der Waals surface area contributed by atoms with Gasteiger partial charge in [0.05, 0.1) is 5.25 Å². The summed E-state index contributed by atoms with van der Waals surface area (Å²) in [4.78, 5) is 10.3. The average molecular weight is 274 g/mol. The van der Waals surface area contributed by atoms with Crippen LogP contribution in [0.3, 0.4) is 0 Å². The maximum atomic E-state index is 10.8. The SMILES string of the molecule is O=C([O-])CC(c1ccccc1)S(=O)(=O)[O-].[Na+].[Na+]. The zero-order valence-electron chi connectivity index (χ0n) is 9.62. The van der Waals surface area contributed by atoms with E-state index in [0.29, 0.717) is 0 Å². The van der Waals surface area contributed by atoms with Gasteiger partial charge >= 0.3 is 59.1 Å². The molecule has 0 saturated heterocycles. The van der Waals surface area contributed by atoms with Gasteiger partial charge in [-0.05, 0) is 5.56 Å². The van der Waals surface area contributed by atoms with E-state index in [2.05, 4.69) is 0 Å². The standard InChI is InChI=1S/C9H10O5S.2Na/c10-9(11)6-8(15(12,13)14)7-4-2-1-3-5-7;;/h1-5,8H,6H2,(H,10,11)(H,12,13,14);;/q;2*+1/p-2. The second kappa shape index (κ2) is 8.66. The molecule has 0 N–H and O–H groups in total. The minimum Gasteiger partial charge on any atom is -0.747 e. The van der Waals surface area contributed by atoms with E-state index in [4.69, 9.17) is 0 Å². The van der Waals surface area contributed by atoms with Crippen LogP contribution in [-0.4, -0.2) is 18.9 Å². The van der Waals surface area contributed by atoms with Gasteiger partial charge in [-0.25, -0.2) is 8.42 Å². The van der Waals surface area contributed by atoms with Crippen LogP contribution in [0.25, 0.3) is 0 Å². The molecule has 1 aromatic rings. The van der Waals surface area contributed by atoms with Crippen LogP contribution in [0, 0.1) is 0 Å². The van der Waals surface area contributed by atoms with Gasteiger partial charge in [-0.15, -0.1) is 0 Å². The number of hydrogen-bond acceptors (Lipinski definition) is 5. The van der Waals surface area contributed by atoms with Gasteiger partial charge in [-0.2, -0.15) is 0 Å². The molecular formula is C9H8Na2O5S. The predicted octanol–water partition coefficient (Wildman–Crippen LogP) is -6.58. The topological polar surface area (TPSA) is 97.3 Å². The van der Waals surface area contributed by atoms with Crippen molar-refractivity contribution in [3.8, 4) is 0 Å². The molecule has 0 fully saturated rings. The number of carboxylic acid groups (broad SMARTS) is 1. The fraction of sp³-hybridized carbons (Fsp3) is 0.222. The summed E-state index contributed by atoms with van der Waals surface area (Å²) in [5, 5.41) is 8.74. The Morgan fingerprint density at radius 1 is 1.18 bits per heavy atom. The monoisotopic (exact) mass is 274 g/mol. The maximum absolute atomic E-state index is 10.8. The number of carbonyl (C=O) groups is 1. The zero-order chi connectivity index (χ0) is 11.5. The van der Waals surface area contributed by atoms with Crippen molar-refractivity contribution in [1.29, 1.82) is 0 Å². The van der Waals surface area contributed by atoms with Crippen molar-refractivity contribution in [2.75, 3.05) is 0 Å². The van der Waals surface area contributed by atoms with E-state index in [1.807, 2.05) is 0 Å². The smallest absolute Gasteiger partial charge is 0.747 e. The van der Waals surface area contributed by atoms with Crippen LogP contribution in [0.5, 0.6) is 0 Å². The Balaban J connectivity index is 0. The molecule has 1 atom stereocenters. The van der Waals surface area contributed by atoms with Crippen LogP contribution in [0.4, 0.5) is 0 Å². The van der Waals surface area contributed by atoms with E-state index in [9.17, 15) is 22.9 Å². The summed E-state index contributed by atoms with van der Waals surface area (Å²) >= 11 is 0. The summed E-state index contributed by atoms with van der Waals surface area (Å²) in [5.41, 5.74) is 0.164. The Bertz CT molecular complexity index is 446. The van der Waals surface area contributed by atoms with E-state index in [1.54, 1.807) is 6.07 Å². The molecule has 82 valence electrons. The summed E-state index contributed by atoms with van der Waals surface area (Å²) in [6.07, 6.45) is -0.824. The third-order valence-corrected chi connectivity index (χ3v) is 3.01. The van der Waals surface area contributed by atoms with Crippen molar-refractivity contribution >= 4 is 16.1 Å². The van der Waals surface area contributed by atoms with Crippen LogP contribution < -0.4 is 64.2 Å². The molecule has 0 spiro atoms. The minimum absolute atomic E-state index is 0. The van der Waals surface area contributed by atoms with E-state index < -0.39 is 27.8 Å². The van der Waals surface area contributed by atoms with Crippen LogP contribution in [-0.2, 0) is 14.9 Å². The number of carboxylic acids is 1. The molecule has 8 heteroatoms. The largest absolute Gasteiger partial charge is 1.00 e. The molecule has 0 amide bonds. The summed E-state index contributed by atoms with van der Waals surface area (Å²) in [5.74, 6) is -1.57. The molecule has 0 saturated carbocycles. The van der Waals surface area contributed by atoms with Crippen molar-refractivity contribution in [2.24, 2.45) is 0 Å². The van der Waals surface area contributed by atoms with E-state index in [0.717, 1.165) is 0 Å². The van der Waals surface area contributed by atoms with Gasteiger partial charge < -0.3 is 14.5 Å². The van der Waals surface area contributed by atoms with Gasteiger partial charge in [0.25, 0.3) is 0 Å². The van der Waals surface area contributed by atoms with Crippen molar-refractivity contribution in [1.82, 2.24) is 0 Å². The Hall–Kier alpha value is 0.600. The van der Waals surface area contributed by atoms with Gasteiger partial charge in [-0.1, -0.05) is 30.3 Å². The van der Waals surface area contributed by atoms with Crippen molar-refractivity contribution in [2.45, 2.75) is 11.7 Å². The summed E-state index contributed by atoms with van der Waals surface area (Å²) < 4.78 is 32.5. The van der Waals surface area contributed by atoms with Gasteiger partial charge in [-0.3, -0.25) is 0 Å². The summed E-state index contributed by atoms with van der Waals surface area (Å²) in [7, 11) is -4.68. The summed E-state index contributed by atoms with van der Waals surface area (Å²) in [6, 6.07) is 7.48. The zero-order valence-corrected chi connectivity index (χ0v) is 14.4. The maximum Gasteiger partial charge on any atom is 1.00 e. The molecule has 1 aromatic carbocycles. The fourth-order valence-electron chi connectivity index (χ4n) is 1.21. The van der Waals surface area contributed by atoms with Crippen molar-refractivity contribution in [3.63, 3.8) is 0 Å². The molecule has 1 unspecified atom stereocenters. The molecule has 0 aliphatic rings. The second-order valence-corrected chi connectivity index (χ2v) is 4.52. The van der Waals surface area contributed by atoms with Gasteiger partial charge in [0.1, 0.15) is 10.1 Å². The van der Waals surface area contributed by atoms with Crippen LogP contribution in [0.15, 0.2) is 30.3 Å². The molecule has 0 aliphatic heterocycles. The Labute approximate surface area is 144 Å². The first kappa shape index (κ1) is 19.9. The first-order valence-electron chi connectivity index (χ1n) is 4.11. The number of hydrogen-bond donors (Lipinski definition) is 0. The summed E-state index contributed by atoms with van der Waals surface area (Å²) in [6.45, 7) is 0. The number of carbonyl (C=O) groups excluding carboxylic acids is 1. The number of aliphatic carboxylic acids is 1. The Morgan fingerprint density at radius 3 is 2.00 bits per heavy atom. The molecule has 17 heavy (non-hydrogen) atoms. The van der Waals surface area contributed by atoms with Gasteiger partial charge in [0.2, 0.25) is 0 Å². The Morgan fingerprint density at radius 2 is 1.65 bits per heavy atom. The first-order chi connectivity index (χ1) is 6.91. The average Bonchev–Trinajstić information content (AvgIpc) is 2.14. The molecule has 0 radical (unpaired) electrons. The molecular weight excluding hydrogens is 266 g/mol. The predicted molar refractivity (Wildman–Crippen MR) is 48.5 cm³/mol. The normalized spacial score (nSPS) is 11.8. The minimum atomic E-state index is -4.68. The molecule has 5 nitrogen and oxygen atoms in total. The third-order valence-electron chi connectivity index (χ3n) is 1.87. The van der Waals surface area contributed by atoms with Gasteiger partial charge in [0.15, 0.2) is 0 Å². The molecule has 0 aliphatic carbocycles. The van der Waals surface area contributed by atoms with Crippen LogP contribution in [0.1, 0.15) is 17.2 Å². The van der Waals surface area contributed by atoms with Crippen LogP contribution >= 0.6 is 0 Å². The van der Waals surface area contributed by atoms with Crippen LogP contribution in [0.2, 0.25) is 0 Å². The quantitative estimate of drug-likeness (QED) is 0.401. The first-order valence-corrected chi connectivity index (χ1v) is 5.58. The number of benzene rings is 1. The van der Waals surface area contributed by atoms with Gasteiger partial charge in [0, 0.05) is 12.4 Å². The molecule has 1 rings (SSSR count). The molecule has 0 heterocycles. The van der Waals surface area contributed by atoms with E-state index >= 15 is 0 Å². The van der Waals surface area contributed by atoms with E-state index in [1.165, 1.54) is 24.3 Å².